The number of nitrogens with one attached hydrogen (secondary N) is 2. The van der Waals surface area contributed by atoms with Crippen molar-refractivity contribution >= 4 is 22.9 Å². The molecule has 0 aliphatic heterocycles. The predicted octanol–water partition coefficient (Wildman–Crippen LogP) is 6.70. The van der Waals surface area contributed by atoms with Gasteiger partial charge in [0, 0.05) is 35.8 Å². The third kappa shape index (κ3) is 6.92. The molecule has 0 atom stereocenters. The molecule has 0 unspecified atom stereocenters. The Balaban J connectivity index is 1.07. The number of rotatable bonds is 11. The molecule has 1 heterocycles. The van der Waals surface area contributed by atoms with Crippen LogP contribution in [-0.4, -0.2) is 17.4 Å². The van der Waals surface area contributed by atoms with Crippen LogP contribution in [0.1, 0.15) is 22.3 Å². The van der Waals surface area contributed by atoms with E-state index in [0.29, 0.717) is 19.8 Å². The Labute approximate surface area is 222 Å². The van der Waals surface area contributed by atoms with E-state index in [0.717, 1.165) is 51.1 Å². The van der Waals surface area contributed by atoms with Gasteiger partial charge in [0.05, 0.1) is 0 Å². The number of hydrogen-bond acceptors (Lipinski definition) is 3. The summed E-state index contributed by atoms with van der Waals surface area (Å²) in [5.74, 6) is 1.50. The molecule has 5 rings (SSSR count). The van der Waals surface area contributed by atoms with Gasteiger partial charge in [-0.05, 0) is 59.0 Å². The molecule has 190 valence electrons. The van der Waals surface area contributed by atoms with Crippen molar-refractivity contribution < 1.29 is 14.3 Å². The van der Waals surface area contributed by atoms with Crippen molar-refractivity contribution in [3.8, 4) is 11.5 Å². The van der Waals surface area contributed by atoms with Crippen LogP contribution in [0.4, 0.5) is 0 Å². The molecule has 0 saturated heterocycles. The lowest BCUT2D eigenvalue weighted by Gasteiger charge is -2.07. The van der Waals surface area contributed by atoms with E-state index in [-0.39, 0.29) is 5.91 Å². The maximum Gasteiger partial charge on any atom is 0.244 e. The van der Waals surface area contributed by atoms with E-state index in [1.807, 2.05) is 103 Å². The van der Waals surface area contributed by atoms with Gasteiger partial charge in [0.1, 0.15) is 24.7 Å². The van der Waals surface area contributed by atoms with Crippen molar-refractivity contribution in [3.63, 3.8) is 0 Å². The van der Waals surface area contributed by atoms with E-state index in [2.05, 4.69) is 16.4 Å². The highest BCUT2D eigenvalue weighted by molar-refractivity contribution is 5.91. The molecule has 0 radical (unpaired) electrons. The van der Waals surface area contributed by atoms with Crippen molar-refractivity contribution in [2.45, 2.75) is 19.6 Å². The first-order valence-corrected chi connectivity index (χ1v) is 12.7. The van der Waals surface area contributed by atoms with Crippen LogP contribution in [-0.2, 0) is 24.4 Å². The SMILES string of the molecule is O=C(/C=C/c1ccc(OCc2ccccc2)cc1)NCCc1c[nH]c2cc(OCc3ccccc3)ccc12. The Morgan fingerprint density at radius 3 is 2.08 bits per heavy atom. The van der Waals surface area contributed by atoms with Crippen LogP contribution in [0, 0.1) is 0 Å². The number of aromatic amines is 1. The van der Waals surface area contributed by atoms with Crippen LogP contribution in [0.25, 0.3) is 17.0 Å². The molecule has 5 aromatic rings. The summed E-state index contributed by atoms with van der Waals surface area (Å²) < 4.78 is 11.7. The molecule has 1 amide bonds. The second-order valence-corrected chi connectivity index (χ2v) is 9.01. The molecule has 0 aliphatic carbocycles. The van der Waals surface area contributed by atoms with Gasteiger partial charge >= 0.3 is 0 Å². The molecule has 5 nitrogen and oxygen atoms in total. The van der Waals surface area contributed by atoms with Crippen molar-refractivity contribution in [1.29, 1.82) is 0 Å². The monoisotopic (exact) mass is 502 g/mol. The van der Waals surface area contributed by atoms with E-state index in [9.17, 15) is 4.79 Å². The molecule has 0 bridgehead atoms. The van der Waals surface area contributed by atoms with Crippen LogP contribution in [0.3, 0.4) is 0 Å². The van der Waals surface area contributed by atoms with E-state index in [1.54, 1.807) is 12.2 Å². The molecule has 38 heavy (non-hydrogen) atoms. The van der Waals surface area contributed by atoms with Crippen LogP contribution in [0.15, 0.2) is 115 Å². The zero-order valence-corrected chi connectivity index (χ0v) is 21.1. The first-order chi connectivity index (χ1) is 18.7. The minimum absolute atomic E-state index is 0.120. The maximum atomic E-state index is 12.3. The topological polar surface area (TPSA) is 63.3 Å². The Bertz CT molecular complexity index is 1490. The van der Waals surface area contributed by atoms with E-state index < -0.39 is 0 Å². The number of aromatic nitrogens is 1. The van der Waals surface area contributed by atoms with Gasteiger partial charge in [-0.25, -0.2) is 0 Å². The first kappa shape index (κ1) is 24.9. The van der Waals surface area contributed by atoms with Crippen molar-refractivity contribution in [2.24, 2.45) is 0 Å². The Hall–Kier alpha value is -4.77. The number of fused-ring (bicyclic) bond motifs is 1. The van der Waals surface area contributed by atoms with E-state index >= 15 is 0 Å². The molecule has 0 fully saturated rings. The Kier molecular flexibility index (Phi) is 8.17. The van der Waals surface area contributed by atoms with E-state index in [1.165, 1.54) is 0 Å². The van der Waals surface area contributed by atoms with Gasteiger partial charge < -0.3 is 19.8 Å². The Morgan fingerprint density at radius 2 is 1.39 bits per heavy atom. The average Bonchev–Trinajstić information content (AvgIpc) is 3.37. The van der Waals surface area contributed by atoms with Crippen LogP contribution >= 0.6 is 0 Å². The highest BCUT2D eigenvalue weighted by Gasteiger charge is 2.06. The number of ether oxygens (including phenoxy) is 2. The minimum atomic E-state index is -0.120. The third-order valence-electron chi connectivity index (χ3n) is 6.24. The second kappa shape index (κ2) is 12.5. The summed E-state index contributed by atoms with van der Waals surface area (Å²) in [5.41, 5.74) is 5.37. The summed E-state index contributed by atoms with van der Waals surface area (Å²) in [6.45, 7) is 1.61. The molecular weight excluding hydrogens is 472 g/mol. The molecule has 0 aliphatic rings. The average molecular weight is 503 g/mol. The van der Waals surface area contributed by atoms with Gasteiger partial charge in [-0.15, -0.1) is 0 Å². The van der Waals surface area contributed by atoms with Gasteiger partial charge in [-0.2, -0.15) is 0 Å². The van der Waals surface area contributed by atoms with Crippen LogP contribution in [0.5, 0.6) is 11.5 Å². The van der Waals surface area contributed by atoms with Gasteiger partial charge in [0.25, 0.3) is 0 Å². The van der Waals surface area contributed by atoms with E-state index in [4.69, 9.17) is 9.47 Å². The zero-order chi connectivity index (χ0) is 26.0. The van der Waals surface area contributed by atoms with Crippen molar-refractivity contribution in [2.75, 3.05) is 6.54 Å². The summed E-state index contributed by atoms with van der Waals surface area (Å²) in [7, 11) is 0. The molecule has 0 spiro atoms. The maximum absolute atomic E-state index is 12.3. The largest absolute Gasteiger partial charge is 0.489 e. The quantitative estimate of drug-likeness (QED) is 0.198. The fraction of sp³-hybridized carbons (Fsp3) is 0.121. The molecule has 1 aromatic heterocycles. The lowest BCUT2D eigenvalue weighted by molar-refractivity contribution is -0.116. The number of benzene rings is 4. The number of carbonyl (C=O) groups is 1. The smallest absolute Gasteiger partial charge is 0.244 e. The number of carbonyl (C=O) groups excluding carboxylic acids is 1. The lowest BCUT2D eigenvalue weighted by Crippen LogP contribution is -2.23. The molecule has 0 saturated carbocycles. The predicted molar refractivity (Wildman–Crippen MR) is 152 cm³/mol. The van der Waals surface area contributed by atoms with Gasteiger partial charge in [0.2, 0.25) is 5.91 Å². The zero-order valence-electron chi connectivity index (χ0n) is 21.1. The molecular formula is C33H30N2O3. The minimum Gasteiger partial charge on any atom is -0.489 e. The van der Waals surface area contributed by atoms with Crippen molar-refractivity contribution in [1.82, 2.24) is 10.3 Å². The fourth-order valence-corrected chi connectivity index (χ4v) is 4.17. The summed E-state index contributed by atoms with van der Waals surface area (Å²) in [6.07, 6.45) is 6.09. The van der Waals surface area contributed by atoms with Gasteiger partial charge in [-0.3, -0.25) is 4.79 Å². The first-order valence-electron chi connectivity index (χ1n) is 12.7. The fourth-order valence-electron chi connectivity index (χ4n) is 4.17. The Morgan fingerprint density at radius 1 is 0.763 bits per heavy atom. The second-order valence-electron chi connectivity index (χ2n) is 9.01. The highest BCUT2D eigenvalue weighted by atomic mass is 16.5. The third-order valence-corrected chi connectivity index (χ3v) is 6.24. The molecule has 2 N–H and O–H groups in total. The number of amides is 1. The summed E-state index contributed by atoms with van der Waals surface area (Å²) >= 11 is 0. The standard InChI is InChI=1S/C33H30N2O3/c36-33(18-13-25-11-14-29(15-12-25)37-23-26-7-3-1-4-8-26)34-20-19-28-22-35-32-21-30(16-17-31(28)32)38-24-27-9-5-2-6-10-27/h1-18,21-22,35H,19-20,23-24H2,(H,34,36)/b18-13+. The summed E-state index contributed by atoms with van der Waals surface area (Å²) in [5, 5.41) is 4.10. The number of hydrogen-bond donors (Lipinski definition) is 2. The van der Waals surface area contributed by atoms with Crippen LogP contribution in [0.2, 0.25) is 0 Å². The lowest BCUT2D eigenvalue weighted by atomic mass is 10.1. The number of H-pyrrole nitrogens is 1. The normalized spacial score (nSPS) is 11.1. The summed E-state index contributed by atoms with van der Waals surface area (Å²) in [6, 6.07) is 33.9. The van der Waals surface area contributed by atoms with Crippen molar-refractivity contribution in [3.05, 3.63) is 138 Å². The van der Waals surface area contributed by atoms with Gasteiger partial charge in [0.15, 0.2) is 0 Å². The van der Waals surface area contributed by atoms with Gasteiger partial charge in [-0.1, -0.05) is 72.8 Å². The summed E-state index contributed by atoms with van der Waals surface area (Å²) in [4.78, 5) is 15.6. The van der Waals surface area contributed by atoms with Crippen LogP contribution < -0.4 is 14.8 Å². The molecule has 5 heteroatoms. The molecule has 4 aromatic carbocycles. The highest BCUT2D eigenvalue weighted by Crippen LogP contribution is 2.24.